The van der Waals surface area contributed by atoms with E-state index >= 15 is 0 Å². The number of nitrogens with zero attached hydrogens (tertiary/aromatic N) is 1. The monoisotopic (exact) mass is 362 g/mol. The molecule has 0 aromatic heterocycles. The van der Waals surface area contributed by atoms with Crippen molar-refractivity contribution < 1.29 is 14.5 Å². The number of carbonyl (C=O) groups excluding carboxylic acids is 1. The number of ether oxygens (including phenoxy) is 1. The van der Waals surface area contributed by atoms with Gasteiger partial charge in [0, 0.05) is 24.2 Å². The van der Waals surface area contributed by atoms with Crippen LogP contribution in [-0.4, -0.2) is 17.4 Å². The Morgan fingerprint density at radius 1 is 0.963 bits per heavy atom. The highest BCUT2D eigenvalue weighted by Crippen LogP contribution is 2.22. The predicted molar refractivity (Wildman–Crippen MR) is 103 cm³/mol. The Kier molecular flexibility index (Phi) is 5.79. The summed E-state index contributed by atoms with van der Waals surface area (Å²) in [7, 11) is 0. The van der Waals surface area contributed by atoms with Crippen LogP contribution in [0.4, 0.5) is 11.4 Å². The maximum absolute atomic E-state index is 12.6. The summed E-state index contributed by atoms with van der Waals surface area (Å²) >= 11 is 0. The summed E-state index contributed by atoms with van der Waals surface area (Å²) in [6.45, 7) is 0.436. The number of para-hydroxylation sites is 1. The molecule has 0 aliphatic heterocycles. The minimum Gasteiger partial charge on any atom is -0.492 e. The minimum atomic E-state index is -0.504. The van der Waals surface area contributed by atoms with Gasteiger partial charge in [0.15, 0.2) is 0 Å². The second kappa shape index (κ2) is 8.62. The van der Waals surface area contributed by atoms with Crippen LogP contribution in [0.3, 0.4) is 0 Å². The lowest BCUT2D eigenvalue weighted by Gasteiger charge is -2.12. The number of anilines is 1. The van der Waals surface area contributed by atoms with E-state index in [1.165, 1.54) is 18.2 Å². The van der Waals surface area contributed by atoms with Crippen molar-refractivity contribution in [3.63, 3.8) is 0 Å². The van der Waals surface area contributed by atoms with Gasteiger partial charge in [-0.3, -0.25) is 14.9 Å². The van der Waals surface area contributed by atoms with Crippen molar-refractivity contribution in [2.75, 3.05) is 11.9 Å². The lowest BCUT2D eigenvalue weighted by atomic mass is 10.1. The third kappa shape index (κ3) is 4.92. The molecular formula is C21H18N2O4. The van der Waals surface area contributed by atoms with Gasteiger partial charge in [-0.05, 0) is 23.8 Å². The van der Waals surface area contributed by atoms with Gasteiger partial charge >= 0.3 is 0 Å². The molecule has 0 saturated carbocycles. The smallest absolute Gasteiger partial charge is 0.271 e. The van der Waals surface area contributed by atoms with Gasteiger partial charge in [0.25, 0.3) is 11.6 Å². The Morgan fingerprint density at radius 2 is 1.70 bits per heavy atom. The first-order chi connectivity index (χ1) is 13.1. The highest BCUT2D eigenvalue weighted by molar-refractivity contribution is 6.06. The molecule has 0 atom stereocenters. The number of hydrogen-bond donors (Lipinski definition) is 1. The SMILES string of the molecule is O=C(Nc1cccc([N+](=O)[O-])c1)c1ccccc1OCCc1ccccc1. The van der Waals surface area contributed by atoms with Crippen LogP contribution in [0.25, 0.3) is 0 Å². The summed E-state index contributed by atoms with van der Waals surface area (Å²) in [5.74, 6) is 0.0853. The summed E-state index contributed by atoms with van der Waals surface area (Å²) in [6.07, 6.45) is 0.724. The van der Waals surface area contributed by atoms with Crippen molar-refractivity contribution >= 4 is 17.3 Å². The molecule has 0 fully saturated rings. The largest absolute Gasteiger partial charge is 0.492 e. The number of nitro groups is 1. The topological polar surface area (TPSA) is 81.5 Å². The van der Waals surface area contributed by atoms with E-state index in [0.29, 0.717) is 23.6 Å². The molecule has 0 bridgehead atoms. The van der Waals surface area contributed by atoms with Crippen LogP contribution in [0.15, 0.2) is 78.9 Å². The van der Waals surface area contributed by atoms with E-state index < -0.39 is 4.92 Å². The summed E-state index contributed by atoms with van der Waals surface area (Å²) in [4.78, 5) is 23.0. The number of carbonyl (C=O) groups is 1. The van der Waals surface area contributed by atoms with Gasteiger partial charge in [0.05, 0.1) is 17.1 Å². The molecule has 0 unspecified atom stereocenters. The summed E-state index contributed by atoms with van der Waals surface area (Å²) in [6, 6.07) is 22.7. The van der Waals surface area contributed by atoms with E-state index in [9.17, 15) is 14.9 Å². The highest BCUT2D eigenvalue weighted by Gasteiger charge is 2.14. The summed E-state index contributed by atoms with van der Waals surface area (Å²) in [5.41, 5.74) is 1.79. The predicted octanol–water partition coefficient (Wildman–Crippen LogP) is 4.47. The average Bonchev–Trinajstić information content (AvgIpc) is 2.69. The fraction of sp³-hybridized carbons (Fsp3) is 0.0952. The molecule has 3 aromatic carbocycles. The van der Waals surface area contributed by atoms with E-state index in [1.54, 1.807) is 30.3 Å². The van der Waals surface area contributed by atoms with E-state index in [2.05, 4.69) is 5.32 Å². The fourth-order valence-electron chi connectivity index (χ4n) is 2.60. The van der Waals surface area contributed by atoms with Crippen molar-refractivity contribution in [3.8, 4) is 5.75 Å². The van der Waals surface area contributed by atoms with Crippen molar-refractivity contribution in [1.82, 2.24) is 0 Å². The molecule has 0 heterocycles. The number of rotatable bonds is 7. The van der Waals surface area contributed by atoms with Crippen LogP contribution in [0.1, 0.15) is 15.9 Å². The van der Waals surface area contributed by atoms with Gasteiger partial charge in [0.1, 0.15) is 5.75 Å². The van der Waals surface area contributed by atoms with Crippen molar-refractivity contribution in [2.24, 2.45) is 0 Å². The molecule has 3 rings (SSSR count). The number of benzene rings is 3. The van der Waals surface area contributed by atoms with Crippen molar-refractivity contribution in [3.05, 3.63) is 100 Å². The third-order valence-corrected chi connectivity index (χ3v) is 3.94. The first kappa shape index (κ1) is 18.1. The molecule has 136 valence electrons. The molecule has 0 spiro atoms. The molecule has 3 aromatic rings. The zero-order valence-electron chi connectivity index (χ0n) is 14.5. The van der Waals surface area contributed by atoms with Gasteiger partial charge in [-0.1, -0.05) is 48.5 Å². The van der Waals surface area contributed by atoms with Crippen LogP contribution >= 0.6 is 0 Å². The molecule has 1 N–H and O–H groups in total. The zero-order valence-corrected chi connectivity index (χ0v) is 14.5. The third-order valence-electron chi connectivity index (χ3n) is 3.94. The van der Waals surface area contributed by atoms with Gasteiger partial charge in [-0.2, -0.15) is 0 Å². The lowest BCUT2D eigenvalue weighted by molar-refractivity contribution is -0.384. The van der Waals surface area contributed by atoms with Crippen LogP contribution in [0.2, 0.25) is 0 Å². The molecule has 1 amide bonds. The molecule has 6 nitrogen and oxygen atoms in total. The van der Waals surface area contributed by atoms with Crippen LogP contribution in [0, 0.1) is 10.1 Å². The Balaban J connectivity index is 1.68. The number of nitrogens with one attached hydrogen (secondary N) is 1. The molecule has 0 aliphatic carbocycles. The number of hydrogen-bond acceptors (Lipinski definition) is 4. The molecular weight excluding hydrogens is 344 g/mol. The van der Waals surface area contributed by atoms with E-state index in [-0.39, 0.29) is 11.6 Å². The number of nitro benzene ring substituents is 1. The maximum atomic E-state index is 12.6. The number of amides is 1. The van der Waals surface area contributed by atoms with Crippen LogP contribution in [0.5, 0.6) is 5.75 Å². The highest BCUT2D eigenvalue weighted by atomic mass is 16.6. The maximum Gasteiger partial charge on any atom is 0.271 e. The Hall–Kier alpha value is -3.67. The van der Waals surface area contributed by atoms with Crippen LogP contribution < -0.4 is 10.1 Å². The standard InChI is InChI=1S/C21H18N2O4/c24-21(22-17-9-6-10-18(15-17)23(25)26)19-11-4-5-12-20(19)27-14-13-16-7-2-1-3-8-16/h1-12,15H,13-14H2,(H,22,24). The zero-order chi connectivity index (χ0) is 19.1. The van der Waals surface area contributed by atoms with E-state index in [1.807, 2.05) is 30.3 Å². The van der Waals surface area contributed by atoms with Gasteiger partial charge < -0.3 is 10.1 Å². The van der Waals surface area contributed by atoms with E-state index in [0.717, 1.165) is 12.0 Å². The first-order valence-electron chi connectivity index (χ1n) is 8.45. The molecule has 6 heteroatoms. The van der Waals surface area contributed by atoms with Crippen molar-refractivity contribution in [2.45, 2.75) is 6.42 Å². The second-order valence-electron chi connectivity index (χ2n) is 5.84. The molecule has 0 saturated heterocycles. The van der Waals surface area contributed by atoms with Gasteiger partial charge in [-0.15, -0.1) is 0 Å². The second-order valence-corrected chi connectivity index (χ2v) is 5.84. The minimum absolute atomic E-state index is 0.0832. The quantitative estimate of drug-likeness (QED) is 0.497. The Morgan fingerprint density at radius 3 is 2.48 bits per heavy atom. The van der Waals surface area contributed by atoms with Crippen molar-refractivity contribution in [1.29, 1.82) is 0 Å². The normalized spacial score (nSPS) is 10.2. The number of non-ortho nitro benzene ring substituents is 1. The summed E-state index contributed by atoms with van der Waals surface area (Å²) < 4.78 is 5.79. The van der Waals surface area contributed by atoms with E-state index in [4.69, 9.17) is 4.74 Å². The first-order valence-corrected chi connectivity index (χ1v) is 8.45. The Labute approximate surface area is 156 Å². The van der Waals surface area contributed by atoms with Crippen LogP contribution in [-0.2, 0) is 6.42 Å². The molecule has 0 radical (unpaired) electrons. The van der Waals surface area contributed by atoms with Gasteiger partial charge in [-0.25, -0.2) is 0 Å². The fourth-order valence-corrected chi connectivity index (χ4v) is 2.60. The Bertz CT molecular complexity index is 942. The molecule has 27 heavy (non-hydrogen) atoms. The lowest BCUT2D eigenvalue weighted by Crippen LogP contribution is -2.14. The molecule has 0 aliphatic rings. The average molecular weight is 362 g/mol. The summed E-state index contributed by atoms with van der Waals surface area (Å²) in [5, 5.41) is 13.5. The van der Waals surface area contributed by atoms with Gasteiger partial charge in [0.2, 0.25) is 0 Å².